The van der Waals surface area contributed by atoms with Gasteiger partial charge in [-0.25, -0.2) is 4.68 Å². The van der Waals surface area contributed by atoms with Crippen LogP contribution in [-0.2, 0) is 11.0 Å². The largest absolute Gasteiger partial charge is 0.433 e. The van der Waals surface area contributed by atoms with E-state index in [0.717, 1.165) is 42.9 Å². The van der Waals surface area contributed by atoms with Gasteiger partial charge in [0.15, 0.2) is 0 Å². The maximum atomic E-state index is 12.9. The molecule has 0 bridgehead atoms. The van der Waals surface area contributed by atoms with Crippen molar-refractivity contribution >= 4 is 11.6 Å². The quantitative estimate of drug-likeness (QED) is 0.905. The zero-order valence-electron chi connectivity index (χ0n) is 12.8. The molecule has 1 saturated heterocycles. The van der Waals surface area contributed by atoms with Crippen LogP contribution in [-0.4, -0.2) is 28.8 Å². The molecule has 3 rings (SSSR count). The molecule has 2 heterocycles. The van der Waals surface area contributed by atoms with Gasteiger partial charge >= 0.3 is 6.18 Å². The Morgan fingerprint density at radius 2 is 1.83 bits per heavy atom. The third kappa shape index (κ3) is 3.59. The van der Waals surface area contributed by atoms with Crippen LogP contribution in [0.25, 0.3) is 5.69 Å². The molecule has 2 aromatic rings. The first-order chi connectivity index (χ1) is 11.4. The summed E-state index contributed by atoms with van der Waals surface area (Å²) >= 11 is 0. The normalized spacial score (nSPS) is 16.1. The van der Waals surface area contributed by atoms with Gasteiger partial charge in [-0.2, -0.15) is 18.3 Å². The molecule has 1 aliphatic rings. The number of carbonyl (C=O) groups excluding carboxylic acids is 1. The van der Waals surface area contributed by atoms with Gasteiger partial charge in [0, 0.05) is 11.6 Å². The van der Waals surface area contributed by atoms with E-state index in [2.05, 4.69) is 15.7 Å². The summed E-state index contributed by atoms with van der Waals surface area (Å²) in [6.07, 6.45) is -1.80. The second-order valence-electron chi connectivity index (χ2n) is 5.69. The van der Waals surface area contributed by atoms with Crippen LogP contribution >= 0.6 is 0 Å². The minimum atomic E-state index is -4.47. The molecule has 0 unspecified atom stereocenters. The topological polar surface area (TPSA) is 59.0 Å². The summed E-state index contributed by atoms with van der Waals surface area (Å²) in [5.41, 5.74) is 0.00387. The molecule has 1 aromatic carbocycles. The van der Waals surface area contributed by atoms with Crippen LogP contribution in [0.5, 0.6) is 0 Å². The smallest absolute Gasteiger partial charge is 0.326 e. The summed E-state index contributed by atoms with van der Waals surface area (Å²) in [7, 11) is 0. The van der Waals surface area contributed by atoms with Crippen molar-refractivity contribution in [2.75, 3.05) is 18.4 Å². The molecule has 5 nitrogen and oxygen atoms in total. The van der Waals surface area contributed by atoms with Gasteiger partial charge in [0.1, 0.15) is 5.69 Å². The minimum absolute atomic E-state index is 0.0335. The fraction of sp³-hybridized carbons (Fsp3) is 0.375. The van der Waals surface area contributed by atoms with Gasteiger partial charge in [-0.3, -0.25) is 4.79 Å². The molecule has 0 aliphatic carbocycles. The Hall–Kier alpha value is -2.35. The highest BCUT2D eigenvalue weighted by atomic mass is 19.4. The van der Waals surface area contributed by atoms with Crippen molar-refractivity contribution in [1.82, 2.24) is 15.1 Å². The van der Waals surface area contributed by atoms with E-state index in [1.807, 2.05) is 0 Å². The molecule has 1 fully saturated rings. The van der Waals surface area contributed by atoms with Crippen LogP contribution in [0.15, 0.2) is 36.5 Å². The number of amides is 1. The number of halogens is 3. The molecule has 24 heavy (non-hydrogen) atoms. The summed E-state index contributed by atoms with van der Waals surface area (Å²) in [6.45, 7) is 1.63. The standard InChI is InChI=1S/C16H17F3N4O/c17-16(18,19)14-7-10-21-23(14)13-3-1-12(2-4-13)22-15(24)11-5-8-20-9-6-11/h1-4,7,10-11,20H,5-6,8-9H2,(H,22,24). The molecular formula is C16H17F3N4O. The van der Waals surface area contributed by atoms with E-state index in [-0.39, 0.29) is 17.5 Å². The Morgan fingerprint density at radius 1 is 1.17 bits per heavy atom. The van der Waals surface area contributed by atoms with Crippen molar-refractivity contribution in [3.63, 3.8) is 0 Å². The second kappa shape index (κ2) is 6.64. The number of alkyl halides is 3. The van der Waals surface area contributed by atoms with Crippen LogP contribution in [0, 0.1) is 5.92 Å². The lowest BCUT2D eigenvalue weighted by Crippen LogP contribution is -2.34. The van der Waals surface area contributed by atoms with Crippen LogP contribution in [0.2, 0.25) is 0 Å². The molecule has 128 valence electrons. The molecule has 2 N–H and O–H groups in total. The lowest BCUT2D eigenvalue weighted by atomic mass is 9.97. The van der Waals surface area contributed by atoms with E-state index in [0.29, 0.717) is 5.69 Å². The molecule has 0 spiro atoms. The maximum Gasteiger partial charge on any atom is 0.433 e. The van der Waals surface area contributed by atoms with Gasteiger partial charge in [-0.1, -0.05) is 0 Å². The lowest BCUT2D eigenvalue weighted by molar-refractivity contribution is -0.142. The number of nitrogens with zero attached hydrogens (tertiary/aromatic N) is 2. The summed E-state index contributed by atoms with van der Waals surface area (Å²) in [4.78, 5) is 12.2. The Labute approximate surface area is 136 Å². The Morgan fingerprint density at radius 3 is 2.46 bits per heavy atom. The van der Waals surface area contributed by atoms with Crippen molar-refractivity contribution in [2.45, 2.75) is 19.0 Å². The number of hydrogen-bond donors (Lipinski definition) is 2. The summed E-state index contributed by atoms with van der Waals surface area (Å²) in [5.74, 6) is -0.0896. The van der Waals surface area contributed by atoms with E-state index < -0.39 is 11.9 Å². The number of benzene rings is 1. The van der Waals surface area contributed by atoms with E-state index in [1.165, 1.54) is 12.1 Å². The SMILES string of the molecule is O=C(Nc1ccc(-n2nccc2C(F)(F)F)cc1)C1CCNCC1. The third-order valence-corrected chi connectivity index (χ3v) is 4.02. The zero-order chi connectivity index (χ0) is 17.2. The van der Waals surface area contributed by atoms with Gasteiger partial charge in [-0.15, -0.1) is 0 Å². The number of rotatable bonds is 3. The molecule has 8 heteroatoms. The Bertz CT molecular complexity index is 703. The maximum absolute atomic E-state index is 12.9. The van der Waals surface area contributed by atoms with Gasteiger partial charge in [-0.05, 0) is 56.3 Å². The van der Waals surface area contributed by atoms with Gasteiger partial charge in [0.2, 0.25) is 5.91 Å². The van der Waals surface area contributed by atoms with Gasteiger partial charge in [0.25, 0.3) is 0 Å². The van der Waals surface area contributed by atoms with Crippen LogP contribution in [0.4, 0.5) is 18.9 Å². The second-order valence-corrected chi connectivity index (χ2v) is 5.69. The molecule has 0 atom stereocenters. The molecule has 0 radical (unpaired) electrons. The predicted molar refractivity (Wildman–Crippen MR) is 82.8 cm³/mol. The highest BCUT2D eigenvalue weighted by Gasteiger charge is 2.35. The highest BCUT2D eigenvalue weighted by molar-refractivity contribution is 5.92. The average Bonchev–Trinajstić information content (AvgIpc) is 3.06. The fourth-order valence-electron chi connectivity index (χ4n) is 2.74. The first-order valence-electron chi connectivity index (χ1n) is 7.68. The third-order valence-electron chi connectivity index (χ3n) is 4.02. The lowest BCUT2D eigenvalue weighted by Gasteiger charge is -2.21. The van der Waals surface area contributed by atoms with Gasteiger partial charge < -0.3 is 10.6 Å². The Kier molecular flexibility index (Phi) is 4.57. The summed E-state index contributed by atoms with van der Waals surface area (Å²) in [5, 5.41) is 9.72. The molecule has 1 amide bonds. The van der Waals surface area contributed by atoms with E-state index in [9.17, 15) is 18.0 Å². The van der Waals surface area contributed by atoms with Crippen LogP contribution < -0.4 is 10.6 Å². The predicted octanol–water partition coefficient (Wildman–Crippen LogP) is 2.83. The molecular weight excluding hydrogens is 321 g/mol. The van der Waals surface area contributed by atoms with Crippen molar-refractivity contribution < 1.29 is 18.0 Å². The monoisotopic (exact) mass is 338 g/mol. The van der Waals surface area contributed by atoms with Crippen molar-refractivity contribution in [3.8, 4) is 5.69 Å². The molecule has 1 aliphatic heterocycles. The number of carbonyl (C=O) groups is 1. The zero-order valence-corrected chi connectivity index (χ0v) is 12.8. The first kappa shape index (κ1) is 16.5. The summed E-state index contributed by atoms with van der Waals surface area (Å²) in [6, 6.07) is 7.08. The fourth-order valence-corrected chi connectivity index (χ4v) is 2.74. The number of anilines is 1. The number of piperidine rings is 1. The van der Waals surface area contributed by atoms with E-state index in [4.69, 9.17) is 0 Å². The number of aromatic nitrogens is 2. The van der Waals surface area contributed by atoms with Crippen molar-refractivity contribution in [2.24, 2.45) is 5.92 Å². The van der Waals surface area contributed by atoms with Crippen LogP contribution in [0.1, 0.15) is 18.5 Å². The van der Waals surface area contributed by atoms with E-state index >= 15 is 0 Å². The summed E-state index contributed by atoms with van der Waals surface area (Å²) < 4.78 is 39.5. The van der Waals surface area contributed by atoms with Gasteiger partial charge in [0.05, 0.1) is 11.9 Å². The van der Waals surface area contributed by atoms with E-state index in [1.54, 1.807) is 12.1 Å². The Balaban J connectivity index is 1.72. The molecule has 0 saturated carbocycles. The number of hydrogen-bond acceptors (Lipinski definition) is 3. The number of nitrogens with one attached hydrogen (secondary N) is 2. The highest BCUT2D eigenvalue weighted by Crippen LogP contribution is 2.30. The van der Waals surface area contributed by atoms with Crippen molar-refractivity contribution in [3.05, 3.63) is 42.2 Å². The first-order valence-corrected chi connectivity index (χ1v) is 7.68. The van der Waals surface area contributed by atoms with Crippen molar-refractivity contribution in [1.29, 1.82) is 0 Å². The molecule has 1 aromatic heterocycles. The minimum Gasteiger partial charge on any atom is -0.326 e. The average molecular weight is 338 g/mol. The van der Waals surface area contributed by atoms with Crippen LogP contribution in [0.3, 0.4) is 0 Å².